The predicted octanol–water partition coefficient (Wildman–Crippen LogP) is 2.51. The van der Waals surface area contributed by atoms with Crippen LogP contribution >= 0.6 is 0 Å². The number of ketones is 1. The summed E-state index contributed by atoms with van der Waals surface area (Å²) >= 11 is 0. The van der Waals surface area contributed by atoms with Crippen LogP contribution in [0.5, 0.6) is 0 Å². The Balaban J connectivity index is 2.51. The molecule has 1 unspecified atom stereocenters. The highest BCUT2D eigenvalue weighted by Gasteiger charge is 2.23. The molecule has 1 atom stereocenters. The van der Waals surface area contributed by atoms with Crippen molar-refractivity contribution in [2.24, 2.45) is 0 Å². The van der Waals surface area contributed by atoms with E-state index in [-0.39, 0.29) is 5.78 Å². The van der Waals surface area contributed by atoms with E-state index >= 15 is 0 Å². The van der Waals surface area contributed by atoms with Gasteiger partial charge in [0.1, 0.15) is 0 Å². The number of benzene rings is 1. The summed E-state index contributed by atoms with van der Waals surface area (Å²) in [4.78, 5) is 34.7. The number of hydrogen-bond donors (Lipinski definition) is 0. The molecular formula is C15H14N2O4. The van der Waals surface area contributed by atoms with Crippen molar-refractivity contribution in [1.82, 2.24) is 4.57 Å². The second-order valence-corrected chi connectivity index (χ2v) is 4.70. The summed E-state index contributed by atoms with van der Waals surface area (Å²) in [5, 5.41) is 10.9. The molecule has 1 heterocycles. The number of carbonyl (C=O) groups is 1. The molecule has 0 fully saturated rings. The number of Topliss-reactive ketones (excluding diaryl/α,β-unsaturated/α-hetero) is 1. The zero-order chi connectivity index (χ0) is 15.6. The summed E-state index contributed by atoms with van der Waals surface area (Å²) in [6, 6.07) is 10.4. The fourth-order valence-corrected chi connectivity index (χ4v) is 2.22. The van der Waals surface area contributed by atoms with Gasteiger partial charge in [-0.1, -0.05) is 30.3 Å². The lowest BCUT2D eigenvalue weighted by molar-refractivity contribution is -0.386. The van der Waals surface area contributed by atoms with Crippen molar-refractivity contribution in [2.45, 2.75) is 19.9 Å². The maximum Gasteiger partial charge on any atom is 0.334 e. The fourth-order valence-electron chi connectivity index (χ4n) is 2.22. The Morgan fingerprint density at radius 2 is 1.81 bits per heavy atom. The van der Waals surface area contributed by atoms with Gasteiger partial charge in [0.25, 0.3) is 0 Å². The molecule has 0 bridgehead atoms. The van der Waals surface area contributed by atoms with Crippen molar-refractivity contribution in [1.29, 1.82) is 0 Å². The molecule has 1 aromatic carbocycles. The van der Waals surface area contributed by atoms with Crippen LogP contribution in [0.3, 0.4) is 0 Å². The lowest BCUT2D eigenvalue weighted by Gasteiger charge is -2.16. The molecule has 6 heteroatoms. The molecule has 21 heavy (non-hydrogen) atoms. The van der Waals surface area contributed by atoms with Crippen LogP contribution in [0.1, 0.15) is 29.0 Å². The van der Waals surface area contributed by atoms with Gasteiger partial charge in [-0.2, -0.15) is 0 Å². The van der Waals surface area contributed by atoms with E-state index < -0.39 is 22.2 Å². The Bertz CT molecular complexity index is 750. The highest BCUT2D eigenvalue weighted by Crippen LogP contribution is 2.16. The van der Waals surface area contributed by atoms with Crippen LogP contribution in [0.15, 0.2) is 47.3 Å². The molecule has 0 saturated heterocycles. The molecule has 0 amide bonds. The van der Waals surface area contributed by atoms with Gasteiger partial charge in [-0.15, -0.1) is 0 Å². The number of nitro groups is 1. The van der Waals surface area contributed by atoms with Crippen LogP contribution in [0, 0.1) is 17.0 Å². The topological polar surface area (TPSA) is 82.2 Å². The first-order chi connectivity index (χ1) is 9.93. The second-order valence-electron chi connectivity index (χ2n) is 4.70. The van der Waals surface area contributed by atoms with Crippen LogP contribution in [-0.2, 0) is 0 Å². The lowest BCUT2D eigenvalue weighted by Crippen LogP contribution is -2.31. The Kier molecular flexibility index (Phi) is 3.98. The molecule has 0 spiro atoms. The van der Waals surface area contributed by atoms with Crippen molar-refractivity contribution in [3.05, 3.63) is 74.2 Å². The molecule has 0 aliphatic heterocycles. The summed E-state index contributed by atoms with van der Waals surface area (Å²) in [5.74, 6) is -0.263. The Hall–Kier alpha value is -2.76. The molecule has 2 rings (SSSR count). The fraction of sp³-hybridized carbons (Fsp3) is 0.200. The zero-order valence-electron chi connectivity index (χ0n) is 11.6. The highest BCUT2D eigenvalue weighted by molar-refractivity contribution is 5.98. The lowest BCUT2D eigenvalue weighted by atomic mass is 10.0. The van der Waals surface area contributed by atoms with Gasteiger partial charge < -0.3 is 0 Å². The molecule has 0 N–H and O–H groups in total. The third kappa shape index (κ3) is 2.74. The first-order valence-corrected chi connectivity index (χ1v) is 6.39. The molecule has 1 aromatic heterocycles. The monoisotopic (exact) mass is 286 g/mol. The summed E-state index contributed by atoms with van der Waals surface area (Å²) < 4.78 is 1.16. The zero-order valence-corrected chi connectivity index (χ0v) is 11.6. The molecule has 2 aromatic rings. The van der Waals surface area contributed by atoms with E-state index in [1.54, 1.807) is 44.2 Å². The Labute approximate surface area is 120 Å². The maximum atomic E-state index is 12.4. The minimum atomic E-state index is -0.806. The molecule has 0 aliphatic carbocycles. The van der Waals surface area contributed by atoms with Crippen molar-refractivity contribution >= 4 is 11.5 Å². The molecule has 0 radical (unpaired) electrons. The Morgan fingerprint density at radius 3 is 2.38 bits per heavy atom. The first kappa shape index (κ1) is 14.6. The number of carbonyl (C=O) groups excluding carboxylic acids is 1. The molecule has 6 nitrogen and oxygen atoms in total. The van der Waals surface area contributed by atoms with Gasteiger partial charge in [0.15, 0.2) is 5.78 Å². The number of aryl methyl sites for hydroxylation is 1. The van der Waals surface area contributed by atoms with E-state index in [1.807, 2.05) is 0 Å². The molecule has 0 aliphatic rings. The van der Waals surface area contributed by atoms with Gasteiger partial charge in [0, 0.05) is 17.3 Å². The number of nitrogens with zero attached hydrogens (tertiary/aromatic N) is 2. The highest BCUT2D eigenvalue weighted by atomic mass is 16.6. The summed E-state index contributed by atoms with van der Waals surface area (Å²) in [6.45, 7) is 3.20. The van der Waals surface area contributed by atoms with E-state index in [2.05, 4.69) is 0 Å². The quantitative estimate of drug-likeness (QED) is 0.491. The van der Waals surface area contributed by atoms with Crippen molar-refractivity contribution in [3.63, 3.8) is 0 Å². The van der Waals surface area contributed by atoms with Crippen molar-refractivity contribution < 1.29 is 9.72 Å². The van der Waals surface area contributed by atoms with E-state index in [0.29, 0.717) is 11.3 Å². The average molecular weight is 286 g/mol. The summed E-state index contributed by atoms with van der Waals surface area (Å²) in [5.41, 5.74) is -0.338. The van der Waals surface area contributed by atoms with Crippen molar-refractivity contribution in [2.75, 3.05) is 0 Å². The second kappa shape index (κ2) is 5.70. The van der Waals surface area contributed by atoms with Crippen LogP contribution in [0.4, 0.5) is 5.69 Å². The third-order valence-electron chi connectivity index (χ3n) is 3.32. The molecule has 0 saturated carbocycles. The van der Waals surface area contributed by atoms with Gasteiger partial charge in [0.05, 0.1) is 11.0 Å². The van der Waals surface area contributed by atoms with Crippen LogP contribution in [-0.4, -0.2) is 15.3 Å². The maximum absolute atomic E-state index is 12.4. The summed E-state index contributed by atoms with van der Waals surface area (Å²) in [6.07, 6.45) is 0. The minimum Gasteiger partial charge on any atom is -0.296 e. The third-order valence-corrected chi connectivity index (χ3v) is 3.32. The minimum absolute atomic E-state index is 0.263. The standard InChI is InChI=1S/C15H14N2O4/c1-10-8-9-13(17(20)21)15(19)16(10)11(2)14(18)12-6-4-3-5-7-12/h3-9,11H,1-2H3. The smallest absolute Gasteiger partial charge is 0.296 e. The van der Waals surface area contributed by atoms with Crippen LogP contribution < -0.4 is 5.56 Å². The van der Waals surface area contributed by atoms with E-state index in [1.165, 1.54) is 6.07 Å². The first-order valence-electron chi connectivity index (χ1n) is 6.39. The van der Waals surface area contributed by atoms with E-state index in [9.17, 15) is 19.7 Å². The normalized spacial score (nSPS) is 11.9. The number of rotatable bonds is 4. The van der Waals surface area contributed by atoms with Gasteiger partial charge in [-0.05, 0) is 19.9 Å². The molecular weight excluding hydrogens is 272 g/mol. The largest absolute Gasteiger partial charge is 0.334 e. The predicted molar refractivity (Wildman–Crippen MR) is 77.6 cm³/mol. The number of hydrogen-bond acceptors (Lipinski definition) is 4. The van der Waals surface area contributed by atoms with Gasteiger partial charge in [0.2, 0.25) is 0 Å². The summed E-state index contributed by atoms with van der Waals surface area (Å²) in [7, 11) is 0. The van der Waals surface area contributed by atoms with Crippen LogP contribution in [0.25, 0.3) is 0 Å². The van der Waals surface area contributed by atoms with Crippen molar-refractivity contribution in [3.8, 4) is 0 Å². The van der Waals surface area contributed by atoms with Gasteiger partial charge in [-0.25, -0.2) is 0 Å². The Morgan fingerprint density at radius 1 is 1.19 bits per heavy atom. The number of aromatic nitrogens is 1. The van der Waals surface area contributed by atoms with E-state index in [0.717, 1.165) is 10.6 Å². The van der Waals surface area contributed by atoms with Gasteiger partial charge >= 0.3 is 11.2 Å². The average Bonchev–Trinajstić information content (AvgIpc) is 2.46. The molecule has 108 valence electrons. The van der Waals surface area contributed by atoms with Gasteiger partial charge in [-0.3, -0.25) is 24.3 Å². The number of pyridine rings is 1. The SMILES string of the molecule is Cc1ccc([N+](=O)[O-])c(=O)n1C(C)C(=O)c1ccccc1. The van der Waals surface area contributed by atoms with Crippen LogP contribution in [0.2, 0.25) is 0 Å². The van der Waals surface area contributed by atoms with E-state index in [4.69, 9.17) is 0 Å².